The third-order valence-electron chi connectivity index (χ3n) is 5.09. The average Bonchev–Trinajstić information content (AvgIpc) is 3.29. The third-order valence-corrected chi connectivity index (χ3v) is 5.09. The topological polar surface area (TPSA) is 73.3 Å². The quantitative estimate of drug-likeness (QED) is 0.472. The normalized spacial score (nSPS) is 16.1. The minimum atomic E-state index is 0.114. The average molecular weight is 428 g/mol. The SMILES string of the molecule is CCNC(=NCc1cccc(OC)c1OC)NCc1ccc(C)cc1OC1CCOC1. The number of hydrogen-bond donors (Lipinski definition) is 2. The van der Waals surface area contributed by atoms with Gasteiger partial charge in [-0.2, -0.15) is 0 Å². The molecular formula is C24H33N3O4. The fourth-order valence-electron chi connectivity index (χ4n) is 3.47. The van der Waals surface area contributed by atoms with Crippen LogP contribution in [0.5, 0.6) is 17.2 Å². The number of methoxy groups -OCH3 is 2. The van der Waals surface area contributed by atoms with Gasteiger partial charge >= 0.3 is 0 Å². The van der Waals surface area contributed by atoms with Gasteiger partial charge in [-0.15, -0.1) is 0 Å². The number of aliphatic imine (C=N–C) groups is 1. The number of hydrogen-bond acceptors (Lipinski definition) is 5. The number of benzene rings is 2. The molecule has 0 aromatic heterocycles. The van der Waals surface area contributed by atoms with Crippen LogP contribution in [-0.2, 0) is 17.8 Å². The van der Waals surface area contributed by atoms with Crippen LogP contribution in [0.2, 0.25) is 0 Å². The van der Waals surface area contributed by atoms with E-state index >= 15 is 0 Å². The molecule has 0 amide bonds. The first-order valence-corrected chi connectivity index (χ1v) is 10.7. The van der Waals surface area contributed by atoms with Crippen molar-refractivity contribution >= 4 is 5.96 Å². The monoisotopic (exact) mass is 427 g/mol. The molecule has 0 spiro atoms. The predicted octanol–water partition coefficient (Wildman–Crippen LogP) is 3.44. The molecule has 0 aliphatic carbocycles. The lowest BCUT2D eigenvalue weighted by atomic mass is 10.1. The first-order valence-electron chi connectivity index (χ1n) is 10.7. The van der Waals surface area contributed by atoms with Crippen LogP contribution in [0.4, 0.5) is 0 Å². The van der Waals surface area contributed by atoms with Crippen molar-refractivity contribution in [3.8, 4) is 17.2 Å². The zero-order valence-corrected chi connectivity index (χ0v) is 18.9. The fourth-order valence-corrected chi connectivity index (χ4v) is 3.47. The van der Waals surface area contributed by atoms with Gasteiger partial charge in [0, 0.05) is 30.6 Å². The molecule has 168 valence electrons. The molecule has 1 fully saturated rings. The Morgan fingerprint density at radius 3 is 2.68 bits per heavy atom. The van der Waals surface area contributed by atoms with Crippen LogP contribution in [0.3, 0.4) is 0 Å². The molecule has 3 rings (SSSR count). The highest BCUT2D eigenvalue weighted by Gasteiger charge is 2.19. The van der Waals surface area contributed by atoms with E-state index in [0.29, 0.717) is 31.2 Å². The van der Waals surface area contributed by atoms with E-state index < -0.39 is 0 Å². The van der Waals surface area contributed by atoms with Gasteiger partial charge in [0.05, 0.1) is 34.0 Å². The van der Waals surface area contributed by atoms with Gasteiger partial charge in [0.15, 0.2) is 17.5 Å². The van der Waals surface area contributed by atoms with E-state index in [-0.39, 0.29) is 6.10 Å². The van der Waals surface area contributed by atoms with Gasteiger partial charge in [-0.25, -0.2) is 4.99 Å². The van der Waals surface area contributed by atoms with Crippen molar-refractivity contribution in [3.05, 3.63) is 53.1 Å². The van der Waals surface area contributed by atoms with Crippen LogP contribution in [0, 0.1) is 6.92 Å². The Morgan fingerprint density at radius 1 is 1.10 bits per heavy atom. The van der Waals surface area contributed by atoms with Crippen molar-refractivity contribution in [2.45, 2.75) is 39.5 Å². The van der Waals surface area contributed by atoms with Crippen LogP contribution >= 0.6 is 0 Å². The Labute approximate surface area is 184 Å². The summed E-state index contributed by atoms with van der Waals surface area (Å²) >= 11 is 0. The molecule has 2 aromatic carbocycles. The number of para-hydroxylation sites is 1. The van der Waals surface area contributed by atoms with Gasteiger partial charge in [-0.05, 0) is 31.5 Å². The summed E-state index contributed by atoms with van der Waals surface area (Å²) in [7, 11) is 3.28. The lowest BCUT2D eigenvalue weighted by Gasteiger charge is -2.18. The second kappa shape index (κ2) is 11.5. The van der Waals surface area contributed by atoms with Gasteiger partial charge in [0.1, 0.15) is 11.9 Å². The lowest BCUT2D eigenvalue weighted by molar-refractivity contribution is 0.140. The van der Waals surface area contributed by atoms with Crippen molar-refractivity contribution in [2.24, 2.45) is 4.99 Å². The molecule has 7 heteroatoms. The molecule has 1 saturated heterocycles. The lowest BCUT2D eigenvalue weighted by Crippen LogP contribution is -2.37. The molecule has 1 atom stereocenters. The molecule has 2 aromatic rings. The van der Waals surface area contributed by atoms with Gasteiger partial charge in [-0.1, -0.05) is 24.3 Å². The summed E-state index contributed by atoms with van der Waals surface area (Å²) in [4.78, 5) is 4.73. The van der Waals surface area contributed by atoms with Crippen molar-refractivity contribution < 1.29 is 18.9 Å². The zero-order valence-electron chi connectivity index (χ0n) is 18.9. The second-order valence-corrected chi connectivity index (χ2v) is 7.42. The molecule has 31 heavy (non-hydrogen) atoms. The zero-order chi connectivity index (χ0) is 22.1. The van der Waals surface area contributed by atoms with E-state index in [9.17, 15) is 0 Å². The fraction of sp³-hybridized carbons (Fsp3) is 0.458. The molecular weight excluding hydrogens is 394 g/mol. The largest absolute Gasteiger partial charge is 0.493 e. The summed E-state index contributed by atoms with van der Waals surface area (Å²) in [5, 5.41) is 6.71. The van der Waals surface area contributed by atoms with Crippen LogP contribution in [0.1, 0.15) is 30.0 Å². The first-order chi connectivity index (χ1) is 15.1. The Kier molecular flexibility index (Phi) is 8.41. The molecule has 1 aliphatic heterocycles. The Morgan fingerprint density at radius 2 is 1.97 bits per heavy atom. The highest BCUT2D eigenvalue weighted by molar-refractivity contribution is 5.79. The number of aryl methyl sites for hydroxylation is 1. The second-order valence-electron chi connectivity index (χ2n) is 7.42. The van der Waals surface area contributed by atoms with Crippen LogP contribution < -0.4 is 24.8 Å². The minimum absolute atomic E-state index is 0.114. The Bertz CT molecular complexity index is 879. The Hall–Kier alpha value is -2.93. The minimum Gasteiger partial charge on any atom is -0.493 e. The number of rotatable bonds is 9. The summed E-state index contributed by atoms with van der Waals surface area (Å²) in [6.07, 6.45) is 1.04. The van der Waals surface area contributed by atoms with E-state index in [0.717, 1.165) is 42.4 Å². The maximum Gasteiger partial charge on any atom is 0.191 e. The number of nitrogens with zero attached hydrogens (tertiary/aromatic N) is 1. The van der Waals surface area contributed by atoms with E-state index in [1.165, 1.54) is 5.56 Å². The van der Waals surface area contributed by atoms with Crippen molar-refractivity contribution in [1.82, 2.24) is 10.6 Å². The maximum absolute atomic E-state index is 6.21. The van der Waals surface area contributed by atoms with Gasteiger partial charge < -0.3 is 29.6 Å². The standard InChI is InChI=1S/C24H33N3O4/c1-5-25-24(27-15-19-7-6-8-21(28-3)23(19)29-4)26-14-18-10-9-17(2)13-22(18)31-20-11-12-30-16-20/h6-10,13,20H,5,11-12,14-16H2,1-4H3,(H2,25,26,27). The van der Waals surface area contributed by atoms with Gasteiger partial charge in [0.2, 0.25) is 0 Å². The van der Waals surface area contributed by atoms with Crippen LogP contribution in [0.25, 0.3) is 0 Å². The summed E-state index contributed by atoms with van der Waals surface area (Å²) < 4.78 is 22.6. The number of ether oxygens (including phenoxy) is 4. The summed E-state index contributed by atoms with van der Waals surface area (Å²) in [5.74, 6) is 3.03. The summed E-state index contributed by atoms with van der Waals surface area (Å²) in [6, 6.07) is 12.1. The van der Waals surface area contributed by atoms with Gasteiger partial charge in [0.25, 0.3) is 0 Å². The molecule has 0 radical (unpaired) electrons. The Balaban J connectivity index is 1.71. The molecule has 7 nitrogen and oxygen atoms in total. The number of guanidine groups is 1. The summed E-state index contributed by atoms with van der Waals surface area (Å²) in [6.45, 7) is 7.35. The smallest absolute Gasteiger partial charge is 0.191 e. The molecule has 1 unspecified atom stereocenters. The summed E-state index contributed by atoms with van der Waals surface area (Å²) in [5.41, 5.74) is 3.21. The van der Waals surface area contributed by atoms with Crippen LogP contribution in [0.15, 0.2) is 41.4 Å². The van der Waals surface area contributed by atoms with Crippen molar-refractivity contribution in [2.75, 3.05) is 34.0 Å². The molecule has 0 bridgehead atoms. The molecule has 2 N–H and O–H groups in total. The first kappa shape index (κ1) is 22.7. The highest BCUT2D eigenvalue weighted by atomic mass is 16.5. The molecule has 1 aliphatic rings. The molecule has 1 heterocycles. The maximum atomic E-state index is 6.21. The van der Waals surface area contributed by atoms with Crippen LogP contribution in [-0.4, -0.2) is 46.0 Å². The van der Waals surface area contributed by atoms with Crippen molar-refractivity contribution in [1.29, 1.82) is 0 Å². The third kappa shape index (κ3) is 6.28. The predicted molar refractivity (Wildman–Crippen MR) is 122 cm³/mol. The molecule has 0 saturated carbocycles. The van der Waals surface area contributed by atoms with Gasteiger partial charge in [-0.3, -0.25) is 0 Å². The highest BCUT2D eigenvalue weighted by Crippen LogP contribution is 2.31. The van der Waals surface area contributed by atoms with E-state index in [1.807, 2.05) is 25.1 Å². The number of nitrogens with one attached hydrogen (secondary N) is 2. The van der Waals surface area contributed by atoms with E-state index in [2.05, 4.69) is 35.8 Å². The van der Waals surface area contributed by atoms with Crippen molar-refractivity contribution in [3.63, 3.8) is 0 Å². The van der Waals surface area contributed by atoms with E-state index in [4.69, 9.17) is 23.9 Å². The van der Waals surface area contributed by atoms with E-state index in [1.54, 1.807) is 14.2 Å².